The predicted molar refractivity (Wildman–Crippen MR) is 56.9 cm³/mol. The highest BCUT2D eigenvalue weighted by Gasteiger charge is 2.28. The molecule has 1 unspecified atom stereocenters. The van der Waals surface area contributed by atoms with E-state index in [0.717, 1.165) is 23.1 Å². The van der Waals surface area contributed by atoms with Crippen LogP contribution in [0.3, 0.4) is 0 Å². The van der Waals surface area contributed by atoms with Gasteiger partial charge in [-0.1, -0.05) is 18.2 Å². The summed E-state index contributed by atoms with van der Waals surface area (Å²) in [5.41, 5.74) is 2.09. The molecule has 0 saturated carbocycles. The van der Waals surface area contributed by atoms with Gasteiger partial charge in [-0.25, -0.2) is 0 Å². The van der Waals surface area contributed by atoms with Crippen molar-refractivity contribution in [2.45, 2.75) is 13.0 Å². The maximum atomic E-state index is 11.4. The molecule has 15 heavy (non-hydrogen) atoms. The molecule has 0 aliphatic carbocycles. The zero-order valence-electron chi connectivity index (χ0n) is 8.43. The number of epoxide rings is 1. The first-order valence-electron chi connectivity index (χ1n) is 5.00. The molecule has 0 amide bonds. The van der Waals surface area contributed by atoms with E-state index in [4.69, 9.17) is 4.74 Å². The lowest BCUT2D eigenvalue weighted by Crippen LogP contribution is -2.02. The van der Waals surface area contributed by atoms with Crippen LogP contribution in [-0.2, 0) is 4.74 Å². The van der Waals surface area contributed by atoms with Gasteiger partial charge in [0.1, 0.15) is 6.10 Å². The molecule has 76 valence electrons. The summed E-state index contributed by atoms with van der Waals surface area (Å²) in [6.45, 7) is 2.34. The van der Waals surface area contributed by atoms with Gasteiger partial charge in [-0.15, -0.1) is 0 Å². The molecule has 3 heteroatoms. The summed E-state index contributed by atoms with van der Waals surface area (Å²) in [5, 5.41) is 1.12. The van der Waals surface area contributed by atoms with Gasteiger partial charge >= 0.3 is 0 Å². The van der Waals surface area contributed by atoms with Crippen molar-refractivity contribution in [2.24, 2.45) is 0 Å². The Hall–Kier alpha value is -1.61. The second kappa shape index (κ2) is 2.94. The molecule has 1 aliphatic heterocycles. The monoisotopic (exact) mass is 201 g/mol. The molecule has 2 aromatic rings. The van der Waals surface area contributed by atoms with Crippen molar-refractivity contribution in [2.75, 3.05) is 6.61 Å². The maximum Gasteiger partial charge on any atom is 0.227 e. The Kier molecular flexibility index (Phi) is 1.70. The van der Waals surface area contributed by atoms with Crippen molar-refractivity contribution in [3.8, 4) is 0 Å². The van der Waals surface area contributed by atoms with Gasteiger partial charge in [0.15, 0.2) is 0 Å². The third kappa shape index (κ3) is 1.27. The Bertz CT molecular complexity index is 538. The van der Waals surface area contributed by atoms with E-state index in [-0.39, 0.29) is 12.0 Å². The molecule has 2 heterocycles. The van der Waals surface area contributed by atoms with Gasteiger partial charge in [0.25, 0.3) is 0 Å². The zero-order valence-corrected chi connectivity index (χ0v) is 8.43. The van der Waals surface area contributed by atoms with Gasteiger partial charge in [0.2, 0.25) is 5.91 Å². The quantitative estimate of drug-likeness (QED) is 0.664. The van der Waals surface area contributed by atoms with Crippen LogP contribution in [0.5, 0.6) is 0 Å². The first-order valence-corrected chi connectivity index (χ1v) is 5.00. The Morgan fingerprint density at radius 3 is 2.87 bits per heavy atom. The molecule has 0 radical (unpaired) electrons. The molecule has 3 nitrogen and oxygen atoms in total. The van der Waals surface area contributed by atoms with Crippen LogP contribution in [0.25, 0.3) is 10.9 Å². The van der Waals surface area contributed by atoms with E-state index in [2.05, 4.69) is 0 Å². The van der Waals surface area contributed by atoms with E-state index in [1.807, 2.05) is 30.5 Å². The van der Waals surface area contributed by atoms with Crippen LogP contribution in [0.2, 0.25) is 0 Å². The molecular weight excluding hydrogens is 190 g/mol. The average molecular weight is 201 g/mol. The maximum absolute atomic E-state index is 11.4. The largest absolute Gasteiger partial charge is 0.368 e. The van der Waals surface area contributed by atoms with Crippen LogP contribution in [0.4, 0.5) is 0 Å². The minimum absolute atomic E-state index is 0.0399. The predicted octanol–water partition coefficient (Wildman–Crippen LogP) is 2.37. The third-order valence-electron chi connectivity index (χ3n) is 2.76. The second-order valence-corrected chi connectivity index (χ2v) is 3.81. The lowest BCUT2D eigenvalue weighted by molar-refractivity contribution is 0.0941. The second-order valence-electron chi connectivity index (χ2n) is 3.81. The number of benzene rings is 1. The van der Waals surface area contributed by atoms with Crippen molar-refractivity contribution >= 4 is 16.8 Å². The summed E-state index contributed by atoms with van der Waals surface area (Å²) in [6, 6.07) is 7.92. The Labute approximate surface area is 87.3 Å². The molecular formula is C12H11NO2. The Balaban J connectivity index is 2.32. The molecule has 0 N–H and O–H groups in total. The molecule has 3 rings (SSSR count). The number of nitrogens with zero attached hydrogens (tertiary/aromatic N) is 1. The van der Waals surface area contributed by atoms with Crippen molar-refractivity contribution in [3.05, 3.63) is 36.0 Å². The lowest BCUT2D eigenvalue weighted by atomic mass is 10.1. The molecule has 1 aromatic carbocycles. The minimum Gasteiger partial charge on any atom is -0.368 e. The van der Waals surface area contributed by atoms with E-state index in [9.17, 15) is 4.79 Å². The highest BCUT2D eigenvalue weighted by Crippen LogP contribution is 2.35. The van der Waals surface area contributed by atoms with Gasteiger partial charge in [0, 0.05) is 24.1 Å². The molecule has 1 aromatic heterocycles. The summed E-state index contributed by atoms with van der Waals surface area (Å²) in [5.74, 6) is 0.0399. The topological polar surface area (TPSA) is 34.5 Å². The zero-order chi connectivity index (χ0) is 10.4. The number of hydrogen-bond donors (Lipinski definition) is 0. The molecule has 1 saturated heterocycles. The van der Waals surface area contributed by atoms with Crippen LogP contribution < -0.4 is 0 Å². The molecule has 0 bridgehead atoms. The molecule has 1 aliphatic rings. The fraction of sp³-hybridized carbons (Fsp3) is 0.250. The first kappa shape index (κ1) is 8.68. The number of carbonyl (C=O) groups excluding carboxylic acids is 1. The highest BCUT2D eigenvalue weighted by atomic mass is 16.6. The van der Waals surface area contributed by atoms with Crippen LogP contribution in [0, 0.1) is 0 Å². The summed E-state index contributed by atoms with van der Waals surface area (Å²) >= 11 is 0. The molecule has 0 spiro atoms. The van der Waals surface area contributed by atoms with Gasteiger partial charge in [-0.05, 0) is 6.07 Å². The van der Waals surface area contributed by atoms with Crippen molar-refractivity contribution in [1.29, 1.82) is 0 Å². The number of hydrogen-bond acceptors (Lipinski definition) is 2. The molecule has 1 fully saturated rings. The Morgan fingerprint density at radius 2 is 2.20 bits per heavy atom. The van der Waals surface area contributed by atoms with Crippen LogP contribution in [0.15, 0.2) is 30.5 Å². The van der Waals surface area contributed by atoms with E-state index in [1.54, 1.807) is 11.5 Å². The number of aromatic nitrogens is 1. The highest BCUT2D eigenvalue weighted by molar-refractivity contribution is 5.93. The van der Waals surface area contributed by atoms with E-state index >= 15 is 0 Å². The number of ether oxygens (including phenoxy) is 1. The summed E-state index contributed by atoms with van der Waals surface area (Å²) in [7, 11) is 0. The first-order chi connectivity index (χ1) is 7.27. The SMILES string of the molecule is CC(=O)n1cc(C2CO2)c2ccccc21. The standard InChI is InChI=1S/C12H11NO2/c1-8(14)13-6-10(12-7-15-12)9-4-2-3-5-11(9)13/h2-6,12H,7H2,1H3. The third-order valence-corrected chi connectivity index (χ3v) is 2.76. The van der Waals surface area contributed by atoms with Crippen LogP contribution in [0.1, 0.15) is 23.4 Å². The molecule has 1 atom stereocenters. The Morgan fingerprint density at radius 1 is 1.47 bits per heavy atom. The van der Waals surface area contributed by atoms with Gasteiger partial charge in [-0.2, -0.15) is 0 Å². The van der Waals surface area contributed by atoms with E-state index in [1.165, 1.54) is 0 Å². The number of rotatable bonds is 1. The average Bonchev–Trinajstić information content (AvgIpc) is 2.99. The fourth-order valence-corrected chi connectivity index (χ4v) is 1.95. The summed E-state index contributed by atoms with van der Waals surface area (Å²) in [4.78, 5) is 11.4. The number of fused-ring (bicyclic) bond motifs is 1. The number of para-hydroxylation sites is 1. The minimum atomic E-state index is 0.0399. The fourth-order valence-electron chi connectivity index (χ4n) is 1.95. The van der Waals surface area contributed by atoms with Crippen LogP contribution >= 0.6 is 0 Å². The normalized spacial score (nSPS) is 19.4. The van der Waals surface area contributed by atoms with Crippen molar-refractivity contribution in [3.63, 3.8) is 0 Å². The number of carbonyl (C=O) groups is 1. The van der Waals surface area contributed by atoms with Crippen molar-refractivity contribution in [1.82, 2.24) is 4.57 Å². The van der Waals surface area contributed by atoms with Crippen LogP contribution in [-0.4, -0.2) is 17.1 Å². The van der Waals surface area contributed by atoms with Gasteiger partial charge in [-0.3, -0.25) is 9.36 Å². The van der Waals surface area contributed by atoms with E-state index < -0.39 is 0 Å². The smallest absolute Gasteiger partial charge is 0.227 e. The van der Waals surface area contributed by atoms with E-state index in [0.29, 0.717) is 0 Å². The summed E-state index contributed by atoms with van der Waals surface area (Å²) in [6.07, 6.45) is 2.08. The van der Waals surface area contributed by atoms with Gasteiger partial charge in [0.05, 0.1) is 12.1 Å². The lowest BCUT2D eigenvalue weighted by Gasteiger charge is -1.96. The van der Waals surface area contributed by atoms with Crippen molar-refractivity contribution < 1.29 is 9.53 Å². The summed E-state index contributed by atoms with van der Waals surface area (Å²) < 4.78 is 6.96. The van der Waals surface area contributed by atoms with Gasteiger partial charge < -0.3 is 4.74 Å².